The number of carbonyl (C=O) groups excluding carboxylic acids is 1. The van der Waals surface area contributed by atoms with Gasteiger partial charge in [-0.05, 0) is 77.7 Å². The molecule has 0 saturated heterocycles. The number of aliphatic imine (C=N–C) groups is 1. The summed E-state index contributed by atoms with van der Waals surface area (Å²) in [4.78, 5) is 13.8. The standard InChI is InChI=1S/C9H17FN2S.C7H9NO.C3H6O/c1-8(13-3)9(10)12-7-5-4-6-11-2;1-8-6-2-4-7(9)5-3-6;1-3(2)4/h7,11H,4-6H2,1-3H3;2-5,8-9H,1H3;1-2H3/b9-8-,12-7+;;. The third kappa shape index (κ3) is 18.5. The van der Waals surface area contributed by atoms with E-state index in [1.807, 2.05) is 32.5 Å². The predicted octanol–water partition coefficient (Wildman–Crippen LogP) is 4.61. The number of hydrogen-bond donors (Lipinski definition) is 3. The summed E-state index contributed by atoms with van der Waals surface area (Å²) in [6, 6.07) is 6.92. The minimum absolute atomic E-state index is 0.167. The number of benzene rings is 1. The van der Waals surface area contributed by atoms with E-state index in [4.69, 9.17) is 5.11 Å². The third-order valence-corrected chi connectivity index (χ3v) is 3.50. The molecule has 0 aromatic heterocycles. The second-order valence-corrected chi connectivity index (χ2v) is 6.33. The molecule has 0 saturated carbocycles. The molecule has 0 unspecified atom stereocenters. The number of rotatable bonds is 7. The van der Waals surface area contributed by atoms with Crippen molar-refractivity contribution in [3.63, 3.8) is 0 Å². The summed E-state index contributed by atoms with van der Waals surface area (Å²) < 4.78 is 13.0. The van der Waals surface area contributed by atoms with Crippen LogP contribution in [-0.2, 0) is 4.79 Å². The molecule has 26 heavy (non-hydrogen) atoms. The van der Waals surface area contributed by atoms with Crippen LogP contribution in [0.4, 0.5) is 10.1 Å². The fraction of sp³-hybridized carbons (Fsp3) is 0.474. The Balaban J connectivity index is 0. The van der Waals surface area contributed by atoms with E-state index in [0.717, 1.165) is 25.1 Å². The quantitative estimate of drug-likeness (QED) is 0.277. The molecule has 0 bridgehead atoms. The van der Waals surface area contributed by atoms with Crippen LogP contribution in [0.25, 0.3) is 0 Å². The van der Waals surface area contributed by atoms with Crippen molar-refractivity contribution in [1.82, 2.24) is 5.32 Å². The normalized spacial score (nSPS) is 10.9. The van der Waals surface area contributed by atoms with Gasteiger partial charge >= 0.3 is 0 Å². The number of phenols is 1. The van der Waals surface area contributed by atoms with Crippen LogP contribution in [0.5, 0.6) is 5.75 Å². The van der Waals surface area contributed by atoms with E-state index in [1.54, 1.807) is 25.3 Å². The first-order valence-corrected chi connectivity index (χ1v) is 9.52. The van der Waals surface area contributed by atoms with E-state index in [9.17, 15) is 9.18 Å². The molecule has 1 aromatic rings. The highest BCUT2D eigenvalue weighted by atomic mass is 32.2. The van der Waals surface area contributed by atoms with E-state index in [-0.39, 0.29) is 11.7 Å². The molecule has 0 heterocycles. The van der Waals surface area contributed by atoms with Crippen molar-refractivity contribution in [2.45, 2.75) is 33.6 Å². The zero-order valence-electron chi connectivity index (χ0n) is 16.6. The second kappa shape index (κ2) is 17.9. The van der Waals surface area contributed by atoms with Gasteiger partial charge in [-0.2, -0.15) is 4.39 Å². The van der Waals surface area contributed by atoms with Gasteiger partial charge in [-0.1, -0.05) is 0 Å². The highest BCUT2D eigenvalue weighted by Crippen LogP contribution is 2.17. The van der Waals surface area contributed by atoms with E-state index in [2.05, 4.69) is 15.6 Å². The molecular weight excluding hydrogens is 353 g/mol. The fourth-order valence-corrected chi connectivity index (χ4v) is 1.54. The molecule has 1 aromatic carbocycles. The minimum Gasteiger partial charge on any atom is -0.508 e. The Morgan fingerprint density at radius 3 is 2.19 bits per heavy atom. The number of carbonyl (C=O) groups is 1. The molecule has 0 radical (unpaired) electrons. The molecular formula is C19H32FN3O2S. The van der Waals surface area contributed by atoms with Crippen LogP contribution in [0.3, 0.4) is 0 Å². The van der Waals surface area contributed by atoms with E-state index < -0.39 is 0 Å². The topological polar surface area (TPSA) is 73.7 Å². The van der Waals surface area contributed by atoms with Crippen LogP contribution in [0.15, 0.2) is 40.1 Å². The van der Waals surface area contributed by atoms with Crippen molar-refractivity contribution >= 4 is 29.4 Å². The molecule has 1 rings (SSSR count). The minimum atomic E-state index is -0.364. The lowest BCUT2D eigenvalue weighted by atomic mass is 10.3. The summed E-state index contributed by atoms with van der Waals surface area (Å²) >= 11 is 1.38. The molecule has 0 aliphatic rings. The number of anilines is 1. The fourth-order valence-electron chi connectivity index (χ4n) is 1.32. The smallest absolute Gasteiger partial charge is 0.221 e. The summed E-state index contributed by atoms with van der Waals surface area (Å²) in [5.41, 5.74) is 1.01. The number of Topliss-reactive ketones (excluding diaryl/α,β-unsaturated/α-hetero) is 1. The zero-order valence-corrected chi connectivity index (χ0v) is 17.4. The van der Waals surface area contributed by atoms with E-state index in [1.165, 1.54) is 25.6 Å². The first kappa shape index (κ1) is 26.4. The molecule has 5 nitrogen and oxygen atoms in total. The third-order valence-electron chi connectivity index (χ3n) is 2.72. The van der Waals surface area contributed by atoms with Crippen molar-refractivity contribution < 1.29 is 14.3 Å². The van der Waals surface area contributed by atoms with Gasteiger partial charge in [0.25, 0.3) is 0 Å². The Labute approximate surface area is 161 Å². The first-order chi connectivity index (χ1) is 12.3. The van der Waals surface area contributed by atoms with Crippen molar-refractivity contribution in [2.75, 3.05) is 32.2 Å². The van der Waals surface area contributed by atoms with E-state index in [0.29, 0.717) is 10.7 Å². The molecule has 0 atom stereocenters. The van der Waals surface area contributed by atoms with Gasteiger partial charge in [0.2, 0.25) is 5.95 Å². The monoisotopic (exact) mass is 385 g/mol. The molecule has 0 spiro atoms. The van der Waals surface area contributed by atoms with Gasteiger partial charge in [0.05, 0.1) is 0 Å². The maximum atomic E-state index is 13.0. The van der Waals surface area contributed by atoms with Gasteiger partial charge in [-0.25, -0.2) is 4.99 Å². The van der Waals surface area contributed by atoms with Crippen LogP contribution in [-0.4, -0.2) is 44.0 Å². The molecule has 0 aliphatic carbocycles. The van der Waals surface area contributed by atoms with Crippen LogP contribution in [0.1, 0.15) is 33.6 Å². The molecule has 0 aliphatic heterocycles. The Hall–Kier alpha value is -1.86. The summed E-state index contributed by atoms with van der Waals surface area (Å²) in [5, 5.41) is 14.8. The largest absolute Gasteiger partial charge is 0.508 e. The van der Waals surface area contributed by atoms with Gasteiger partial charge in [0.1, 0.15) is 11.5 Å². The predicted molar refractivity (Wildman–Crippen MR) is 113 cm³/mol. The molecule has 3 N–H and O–H groups in total. The molecule has 148 valence electrons. The Morgan fingerprint density at radius 1 is 1.23 bits per heavy atom. The summed E-state index contributed by atoms with van der Waals surface area (Å²) in [5.74, 6) is 0.103. The average molecular weight is 386 g/mol. The van der Waals surface area contributed by atoms with Crippen molar-refractivity contribution in [2.24, 2.45) is 4.99 Å². The lowest BCUT2D eigenvalue weighted by Crippen LogP contribution is -2.07. The van der Waals surface area contributed by atoms with Gasteiger partial charge in [-0.3, -0.25) is 0 Å². The average Bonchev–Trinajstić information content (AvgIpc) is 2.61. The number of hydrogen-bond acceptors (Lipinski definition) is 6. The molecule has 0 amide bonds. The van der Waals surface area contributed by atoms with Crippen molar-refractivity contribution in [3.05, 3.63) is 35.1 Å². The number of aromatic hydroxyl groups is 1. The van der Waals surface area contributed by atoms with Crippen molar-refractivity contribution in [1.29, 1.82) is 0 Å². The van der Waals surface area contributed by atoms with Crippen molar-refractivity contribution in [3.8, 4) is 5.75 Å². The van der Waals surface area contributed by atoms with Crippen LogP contribution in [0.2, 0.25) is 0 Å². The second-order valence-electron chi connectivity index (χ2n) is 5.31. The number of nitrogens with zero attached hydrogens (tertiary/aromatic N) is 1. The lowest BCUT2D eigenvalue weighted by molar-refractivity contribution is -0.114. The van der Waals surface area contributed by atoms with Gasteiger partial charge in [0, 0.05) is 23.9 Å². The zero-order chi connectivity index (χ0) is 20.4. The summed E-state index contributed by atoms with van der Waals surface area (Å²) in [7, 11) is 3.74. The van der Waals surface area contributed by atoms with Gasteiger partial charge in [0.15, 0.2) is 0 Å². The van der Waals surface area contributed by atoms with Gasteiger partial charge in [-0.15, -0.1) is 11.8 Å². The molecule has 7 heteroatoms. The van der Waals surface area contributed by atoms with Gasteiger partial charge < -0.3 is 20.5 Å². The first-order valence-electron chi connectivity index (χ1n) is 8.29. The molecule has 0 fully saturated rings. The number of thioether (sulfide) groups is 1. The Morgan fingerprint density at radius 2 is 1.77 bits per heavy atom. The highest BCUT2D eigenvalue weighted by molar-refractivity contribution is 8.02. The number of phenolic OH excluding ortho intramolecular Hbond substituents is 1. The Bertz CT molecular complexity index is 542. The summed E-state index contributed by atoms with van der Waals surface area (Å²) in [6.45, 7) is 5.73. The number of unbranched alkanes of at least 4 members (excludes halogenated alkanes) is 1. The maximum Gasteiger partial charge on any atom is 0.221 e. The maximum absolute atomic E-state index is 13.0. The summed E-state index contributed by atoms with van der Waals surface area (Å²) in [6.07, 6.45) is 5.28. The number of ketones is 1. The number of nitrogens with one attached hydrogen (secondary N) is 2. The van der Waals surface area contributed by atoms with E-state index >= 15 is 0 Å². The highest BCUT2D eigenvalue weighted by Gasteiger charge is 1.95. The van der Waals surface area contributed by atoms with Crippen LogP contribution < -0.4 is 10.6 Å². The van der Waals surface area contributed by atoms with Crippen LogP contribution in [0, 0.1) is 0 Å². The lowest BCUT2D eigenvalue weighted by Gasteiger charge is -1.96. The Kier molecular flexibility index (Phi) is 18.2. The SMILES string of the molecule is CC(C)=O.CNCCC/C=N/C(F)=C(/C)SC.CNc1ccc(O)cc1. The van der Waals surface area contributed by atoms with Crippen LogP contribution >= 0.6 is 11.8 Å². The number of allylic oxidation sites excluding steroid dienone is 1. The number of halogens is 1.